The SMILES string of the molecule is CN1CCN=C1c1cc(Sc2ccc(CCC(=O)O)cc2)ccc1Oc1c(F)cnc(Oc2cc(C#N)ccc2OCc2ccccc2)c1F. The molecule has 6 rings (SSSR count). The average molecular weight is 693 g/mol. The molecule has 1 N–H and O–H groups in total. The van der Waals surface area contributed by atoms with Crippen LogP contribution in [0.25, 0.3) is 0 Å². The van der Waals surface area contributed by atoms with Crippen molar-refractivity contribution in [1.29, 1.82) is 5.26 Å². The fraction of sp³-hybridized carbons (Fsp3) is 0.158. The number of likely N-dealkylation sites (N-methyl/N-ethyl adjacent to an activating group) is 1. The Hall–Kier alpha value is -5.93. The van der Waals surface area contributed by atoms with Gasteiger partial charge in [0.15, 0.2) is 17.3 Å². The maximum Gasteiger partial charge on any atom is 0.303 e. The van der Waals surface area contributed by atoms with Crippen LogP contribution >= 0.6 is 11.8 Å². The summed E-state index contributed by atoms with van der Waals surface area (Å²) in [7, 11) is 1.87. The zero-order valence-electron chi connectivity index (χ0n) is 26.8. The number of carboxylic acids is 1. The number of amidine groups is 1. The lowest BCUT2D eigenvalue weighted by Crippen LogP contribution is -2.24. The van der Waals surface area contributed by atoms with Crippen molar-refractivity contribution in [2.75, 3.05) is 20.1 Å². The highest BCUT2D eigenvalue weighted by molar-refractivity contribution is 7.99. The highest BCUT2D eigenvalue weighted by Gasteiger charge is 2.25. The summed E-state index contributed by atoms with van der Waals surface area (Å²) < 4.78 is 48.9. The number of pyridine rings is 1. The molecular weight excluding hydrogens is 663 g/mol. The van der Waals surface area contributed by atoms with E-state index in [0.29, 0.717) is 30.9 Å². The van der Waals surface area contributed by atoms with E-state index in [9.17, 15) is 10.1 Å². The minimum absolute atomic E-state index is 0.0165. The van der Waals surface area contributed by atoms with Crippen LogP contribution in [-0.4, -0.2) is 46.9 Å². The number of hydrogen-bond acceptors (Lipinski definition) is 9. The number of nitrogens with zero attached hydrogens (tertiary/aromatic N) is 4. The Morgan fingerprint density at radius 3 is 2.42 bits per heavy atom. The second-order valence-corrected chi connectivity index (χ2v) is 12.4. The van der Waals surface area contributed by atoms with E-state index in [1.165, 1.54) is 23.9 Å². The maximum absolute atomic E-state index is 16.0. The summed E-state index contributed by atoms with van der Waals surface area (Å²) in [5.41, 5.74) is 2.57. The van der Waals surface area contributed by atoms with Gasteiger partial charge in [0.05, 0.1) is 29.9 Å². The molecule has 0 spiro atoms. The molecule has 0 saturated carbocycles. The molecule has 1 aliphatic rings. The molecule has 0 unspecified atom stereocenters. The second-order valence-electron chi connectivity index (χ2n) is 11.2. The van der Waals surface area contributed by atoms with Crippen molar-refractivity contribution in [2.45, 2.75) is 29.2 Å². The molecule has 0 fully saturated rings. The van der Waals surface area contributed by atoms with Gasteiger partial charge in [-0.25, -0.2) is 9.37 Å². The molecule has 1 aromatic heterocycles. The van der Waals surface area contributed by atoms with E-state index in [-0.39, 0.29) is 35.8 Å². The van der Waals surface area contributed by atoms with Crippen LogP contribution in [0.5, 0.6) is 28.9 Å². The monoisotopic (exact) mass is 692 g/mol. The molecule has 252 valence electrons. The molecule has 4 aromatic carbocycles. The predicted octanol–water partition coefficient (Wildman–Crippen LogP) is 8.26. The molecule has 1 aliphatic heterocycles. The van der Waals surface area contributed by atoms with E-state index in [4.69, 9.17) is 19.3 Å². The van der Waals surface area contributed by atoms with Gasteiger partial charge in [0.1, 0.15) is 18.2 Å². The van der Waals surface area contributed by atoms with Crippen LogP contribution < -0.4 is 14.2 Å². The van der Waals surface area contributed by atoms with Crippen molar-refractivity contribution < 1.29 is 32.9 Å². The molecule has 50 heavy (non-hydrogen) atoms. The van der Waals surface area contributed by atoms with E-state index in [0.717, 1.165) is 27.1 Å². The van der Waals surface area contributed by atoms with Gasteiger partial charge in [-0.1, -0.05) is 54.2 Å². The first-order chi connectivity index (χ1) is 24.3. The largest absolute Gasteiger partial charge is 0.485 e. The molecule has 0 amide bonds. The van der Waals surface area contributed by atoms with Gasteiger partial charge in [0, 0.05) is 35.9 Å². The van der Waals surface area contributed by atoms with Gasteiger partial charge in [0.25, 0.3) is 5.88 Å². The van der Waals surface area contributed by atoms with Crippen LogP contribution in [0.4, 0.5) is 8.78 Å². The van der Waals surface area contributed by atoms with Crippen LogP contribution in [0, 0.1) is 23.0 Å². The number of rotatable bonds is 13. The van der Waals surface area contributed by atoms with E-state index >= 15 is 8.78 Å². The number of aromatic nitrogens is 1. The summed E-state index contributed by atoms with van der Waals surface area (Å²) in [5, 5.41) is 18.4. The summed E-state index contributed by atoms with van der Waals surface area (Å²) in [6, 6.07) is 28.7. The van der Waals surface area contributed by atoms with E-state index in [1.807, 2.05) is 78.7 Å². The molecule has 0 bridgehead atoms. The summed E-state index contributed by atoms with van der Waals surface area (Å²) in [6.07, 6.45) is 1.29. The number of carbonyl (C=O) groups is 1. The Labute approximate surface area is 291 Å². The summed E-state index contributed by atoms with van der Waals surface area (Å²) in [4.78, 5) is 23.0. The molecule has 0 radical (unpaired) electrons. The van der Waals surface area contributed by atoms with Crippen LogP contribution in [0.1, 0.15) is 28.7 Å². The Morgan fingerprint density at radius 1 is 0.940 bits per heavy atom. The highest BCUT2D eigenvalue weighted by atomic mass is 32.2. The molecule has 9 nitrogen and oxygen atoms in total. The fourth-order valence-corrected chi connectivity index (χ4v) is 5.95. The van der Waals surface area contributed by atoms with Gasteiger partial charge in [-0.15, -0.1) is 0 Å². The van der Waals surface area contributed by atoms with Crippen molar-refractivity contribution in [3.63, 3.8) is 0 Å². The van der Waals surface area contributed by atoms with Gasteiger partial charge in [-0.05, 0) is 60.0 Å². The van der Waals surface area contributed by atoms with Crippen LogP contribution in [0.15, 0.2) is 112 Å². The standard InChI is InChI=1S/C38H30F2N4O5S/c1-44-18-17-42-37(44)29-20-28(50-27-11-7-24(8-12-27)10-16-34(45)46)13-15-31(29)48-36-30(39)22-43-38(35(36)40)49-33-19-26(21-41)9-14-32(33)47-23-25-5-3-2-4-6-25/h2-9,11-15,19-20,22H,10,16-18,23H2,1H3,(H,45,46). The second kappa shape index (κ2) is 15.5. The Bertz CT molecular complexity index is 2090. The lowest BCUT2D eigenvalue weighted by Gasteiger charge is -2.19. The number of hydrogen-bond donors (Lipinski definition) is 1. The van der Waals surface area contributed by atoms with Gasteiger partial charge in [0.2, 0.25) is 11.6 Å². The van der Waals surface area contributed by atoms with Gasteiger partial charge in [-0.3, -0.25) is 9.79 Å². The quantitative estimate of drug-likeness (QED) is 0.130. The number of aliphatic carboxylic acids is 1. The first-order valence-corrected chi connectivity index (χ1v) is 16.4. The molecule has 0 atom stereocenters. The van der Waals surface area contributed by atoms with Gasteiger partial charge < -0.3 is 24.2 Å². The number of halogens is 2. The molecule has 0 saturated heterocycles. The Morgan fingerprint density at radius 2 is 1.70 bits per heavy atom. The Balaban J connectivity index is 1.27. The third-order valence-electron chi connectivity index (χ3n) is 7.66. The summed E-state index contributed by atoms with van der Waals surface area (Å²) in [6.45, 7) is 1.40. The lowest BCUT2D eigenvalue weighted by atomic mass is 10.1. The molecule has 12 heteroatoms. The molecular formula is C38H30F2N4O5S. The van der Waals surface area contributed by atoms with Gasteiger partial charge in [-0.2, -0.15) is 9.65 Å². The number of ether oxygens (including phenoxy) is 3. The third-order valence-corrected chi connectivity index (χ3v) is 8.66. The van der Waals surface area contributed by atoms with Crippen molar-refractivity contribution in [2.24, 2.45) is 4.99 Å². The third kappa shape index (κ3) is 8.19. The maximum atomic E-state index is 16.0. The number of aliphatic imine (C=N–C) groups is 1. The number of aryl methyl sites for hydroxylation is 1. The topological polar surface area (TPSA) is 117 Å². The van der Waals surface area contributed by atoms with Gasteiger partial charge >= 0.3 is 5.97 Å². The number of benzene rings is 4. The zero-order chi connectivity index (χ0) is 35.0. The van der Waals surface area contributed by atoms with Crippen molar-refractivity contribution in [3.05, 3.63) is 131 Å². The molecule has 0 aliphatic carbocycles. The lowest BCUT2D eigenvalue weighted by molar-refractivity contribution is -0.136. The predicted molar refractivity (Wildman–Crippen MR) is 183 cm³/mol. The van der Waals surface area contributed by atoms with Crippen molar-refractivity contribution in [3.8, 4) is 34.9 Å². The smallest absolute Gasteiger partial charge is 0.303 e. The van der Waals surface area contributed by atoms with Crippen molar-refractivity contribution >= 4 is 23.6 Å². The Kier molecular flexibility index (Phi) is 10.5. The minimum Gasteiger partial charge on any atom is -0.485 e. The normalized spacial score (nSPS) is 12.3. The van der Waals surface area contributed by atoms with Crippen LogP contribution in [0.2, 0.25) is 0 Å². The van der Waals surface area contributed by atoms with E-state index < -0.39 is 29.2 Å². The first-order valence-electron chi connectivity index (χ1n) is 15.6. The summed E-state index contributed by atoms with van der Waals surface area (Å²) >= 11 is 1.47. The molecule has 2 heterocycles. The van der Waals surface area contributed by atoms with Crippen LogP contribution in [-0.2, 0) is 17.8 Å². The number of carboxylic acid groups (broad SMARTS) is 1. The first kappa shape index (κ1) is 34.0. The fourth-order valence-electron chi connectivity index (χ4n) is 5.09. The van der Waals surface area contributed by atoms with Crippen LogP contribution in [0.3, 0.4) is 0 Å². The molecule has 5 aromatic rings. The van der Waals surface area contributed by atoms with Crippen molar-refractivity contribution in [1.82, 2.24) is 9.88 Å². The average Bonchev–Trinajstić information content (AvgIpc) is 3.56. The zero-order valence-corrected chi connectivity index (χ0v) is 27.6. The van der Waals surface area contributed by atoms with E-state index in [1.54, 1.807) is 18.2 Å². The van der Waals surface area contributed by atoms with E-state index in [2.05, 4.69) is 9.98 Å². The minimum atomic E-state index is -1.18. The number of nitriles is 1. The summed E-state index contributed by atoms with van der Waals surface area (Å²) in [5.74, 6) is -3.36. The highest BCUT2D eigenvalue weighted by Crippen LogP contribution is 2.40.